The van der Waals surface area contributed by atoms with Gasteiger partial charge in [0.15, 0.2) is 0 Å². The summed E-state index contributed by atoms with van der Waals surface area (Å²) in [5.74, 6) is 0.888. The monoisotopic (exact) mass is 194 g/mol. The van der Waals surface area contributed by atoms with Crippen LogP contribution in [0.1, 0.15) is 25.0 Å². The van der Waals surface area contributed by atoms with Crippen LogP contribution in [0.2, 0.25) is 0 Å². The molecule has 1 N–H and O–H groups in total. The number of aliphatic hydroxyl groups excluding tert-OH is 1. The van der Waals surface area contributed by atoms with Crippen molar-refractivity contribution >= 4 is 0 Å². The van der Waals surface area contributed by atoms with Crippen molar-refractivity contribution < 1.29 is 9.84 Å². The lowest BCUT2D eigenvalue weighted by atomic mass is 10.1. The zero-order valence-electron chi connectivity index (χ0n) is 9.08. The fourth-order valence-electron chi connectivity index (χ4n) is 1.48. The number of benzene rings is 1. The van der Waals surface area contributed by atoms with Gasteiger partial charge in [-0.15, -0.1) is 0 Å². The van der Waals surface area contributed by atoms with E-state index in [2.05, 4.69) is 6.07 Å². The molecule has 1 rings (SSSR count). The van der Waals surface area contributed by atoms with E-state index in [-0.39, 0.29) is 6.10 Å². The van der Waals surface area contributed by atoms with Gasteiger partial charge < -0.3 is 9.84 Å². The molecule has 2 nitrogen and oxygen atoms in total. The highest BCUT2D eigenvalue weighted by Gasteiger charge is 2.06. The normalized spacial score (nSPS) is 12.6. The van der Waals surface area contributed by atoms with Crippen LogP contribution in [0, 0.1) is 6.92 Å². The number of hydrogen-bond acceptors (Lipinski definition) is 2. The maximum absolute atomic E-state index is 9.33. The molecule has 0 saturated heterocycles. The minimum absolute atomic E-state index is 0.323. The highest BCUT2D eigenvalue weighted by Crippen LogP contribution is 2.21. The second kappa shape index (κ2) is 5.01. The highest BCUT2D eigenvalue weighted by molar-refractivity contribution is 5.37. The summed E-state index contributed by atoms with van der Waals surface area (Å²) < 4.78 is 5.48. The lowest BCUT2D eigenvalue weighted by molar-refractivity contribution is 0.193. The Labute approximate surface area is 85.5 Å². The molecule has 0 heterocycles. The molecule has 0 fully saturated rings. The van der Waals surface area contributed by atoms with E-state index in [0.717, 1.165) is 11.3 Å². The average Bonchev–Trinajstić information content (AvgIpc) is 2.09. The summed E-state index contributed by atoms with van der Waals surface area (Å²) in [4.78, 5) is 0. The van der Waals surface area contributed by atoms with Gasteiger partial charge in [-0.1, -0.05) is 17.7 Å². The van der Waals surface area contributed by atoms with E-state index in [1.165, 1.54) is 5.56 Å². The number of rotatable bonds is 4. The van der Waals surface area contributed by atoms with Gasteiger partial charge in [0.25, 0.3) is 0 Å². The number of aliphatic hydroxyl groups is 1. The first-order valence-corrected chi connectivity index (χ1v) is 5.04. The SMILES string of the molecule is CCOc1ccc(C)cc1CC(C)O. The van der Waals surface area contributed by atoms with Crippen molar-refractivity contribution in [3.63, 3.8) is 0 Å². The van der Waals surface area contributed by atoms with E-state index >= 15 is 0 Å². The third-order valence-electron chi connectivity index (χ3n) is 2.03. The average molecular weight is 194 g/mol. The third kappa shape index (κ3) is 3.04. The fraction of sp³-hybridized carbons (Fsp3) is 0.500. The van der Waals surface area contributed by atoms with Crippen LogP contribution in [-0.4, -0.2) is 17.8 Å². The molecule has 0 radical (unpaired) electrons. The summed E-state index contributed by atoms with van der Waals surface area (Å²) in [7, 11) is 0. The van der Waals surface area contributed by atoms with E-state index in [4.69, 9.17) is 4.74 Å². The van der Waals surface area contributed by atoms with Crippen molar-refractivity contribution in [2.45, 2.75) is 33.3 Å². The van der Waals surface area contributed by atoms with E-state index < -0.39 is 0 Å². The van der Waals surface area contributed by atoms with Gasteiger partial charge in [0.05, 0.1) is 12.7 Å². The first kappa shape index (κ1) is 11.1. The smallest absolute Gasteiger partial charge is 0.122 e. The minimum Gasteiger partial charge on any atom is -0.494 e. The van der Waals surface area contributed by atoms with Crippen molar-refractivity contribution in [3.05, 3.63) is 29.3 Å². The number of hydrogen-bond donors (Lipinski definition) is 1. The third-order valence-corrected chi connectivity index (χ3v) is 2.03. The van der Waals surface area contributed by atoms with E-state index in [9.17, 15) is 5.11 Å². The van der Waals surface area contributed by atoms with Gasteiger partial charge in [-0.25, -0.2) is 0 Å². The summed E-state index contributed by atoms with van der Waals surface area (Å²) in [5.41, 5.74) is 2.28. The van der Waals surface area contributed by atoms with Gasteiger partial charge >= 0.3 is 0 Å². The standard InChI is InChI=1S/C12H18O2/c1-4-14-12-6-5-9(2)7-11(12)8-10(3)13/h5-7,10,13H,4,8H2,1-3H3. The van der Waals surface area contributed by atoms with Crippen molar-refractivity contribution in [2.75, 3.05) is 6.61 Å². The summed E-state index contributed by atoms with van der Waals surface area (Å²) >= 11 is 0. The quantitative estimate of drug-likeness (QED) is 0.797. The van der Waals surface area contributed by atoms with Crippen molar-refractivity contribution in [3.8, 4) is 5.75 Å². The molecular weight excluding hydrogens is 176 g/mol. The van der Waals surface area contributed by atoms with Crippen LogP contribution in [0.5, 0.6) is 5.75 Å². The molecule has 0 saturated carbocycles. The Hall–Kier alpha value is -1.02. The van der Waals surface area contributed by atoms with E-state index in [0.29, 0.717) is 13.0 Å². The van der Waals surface area contributed by atoms with Crippen molar-refractivity contribution in [1.29, 1.82) is 0 Å². The van der Waals surface area contributed by atoms with Crippen LogP contribution in [-0.2, 0) is 6.42 Å². The van der Waals surface area contributed by atoms with Gasteiger partial charge in [0.1, 0.15) is 5.75 Å². The van der Waals surface area contributed by atoms with Gasteiger partial charge in [0, 0.05) is 6.42 Å². The lowest BCUT2D eigenvalue weighted by Gasteiger charge is -2.12. The molecule has 0 aliphatic rings. The molecule has 0 aliphatic heterocycles. The first-order chi connectivity index (χ1) is 6.63. The second-order valence-electron chi connectivity index (χ2n) is 3.60. The molecule has 2 heteroatoms. The zero-order chi connectivity index (χ0) is 10.6. The molecule has 0 amide bonds. The Morgan fingerprint density at radius 2 is 2.14 bits per heavy atom. The first-order valence-electron chi connectivity index (χ1n) is 5.04. The van der Waals surface area contributed by atoms with Crippen molar-refractivity contribution in [1.82, 2.24) is 0 Å². The van der Waals surface area contributed by atoms with Gasteiger partial charge in [-0.05, 0) is 32.4 Å². The number of aryl methyl sites for hydroxylation is 1. The summed E-state index contributed by atoms with van der Waals surface area (Å²) in [6.07, 6.45) is 0.327. The predicted octanol–water partition coefficient (Wildman–Crippen LogP) is 2.32. The van der Waals surface area contributed by atoms with Gasteiger partial charge in [-0.3, -0.25) is 0 Å². The molecule has 1 aromatic rings. The van der Waals surface area contributed by atoms with E-state index in [1.54, 1.807) is 6.92 Å². The maximum atomic E-state index is 9.33. The molecule has 1 unspecified atom stereocenters. The van der Waals surface area contributed by atoms with Crippen LogP contribution >= 0.6 is 0 Å². The number of ether oxygens (including phenoxy) is 1. The largest absolute Gasteiger partial charge is 0.494 e. The molecule has 78 valence electrons. The Morgan fingerprint density at radius 3 is 2.71 bits per heavy atom. The predicted molar refractivity (Wildman–Crippen MR) is 57.7 cm³/mol. The van der Waals surface area contributed by atoms with Crippen LogP contribution in [0.25, 0.3) is 0 Å². The Kier molecular flexibility index (Phi) is 3.96. The molecular formula is C12H18O2. The van der Waals surface area contributed by atoms with Gasteiger partial charge in [-0.2, -0.15) is 0 Å². The zero-order valence-corrected chi connectivity index (χ0v) is 9.08. The summed E-state index contributed by atoms with van der Waals surface area (Å²) in [6.45, 7) is 6.46. The summed E-state index contributed by atoms with van der Waals surface area (Å²) in [5, 5.41) is 9.33. The minimum atomic E-state index is -0.323. The maximum Gasteiger partial charge on any atom is 0.122 e. The topological polar surface area (TPSA) is 29.5 Å². The highest BCUT2D eigenvalue weighted by atomic mass is 16.5. The summed E-state index contributed by atoms with van der Waals surface area (Å²) in [6, 6.07) is 6.06. The van der Waals surface area contributed by atoms with Crippen LogP contribution in [0.3, 0.4) is 0 Å². The molecule has 1 atom stereocenters. The molecule has 0 aromatic heterocycles. The Balaban J connectivity index is 2.90. The van der Waals surface area contributed by atoms with Gasteiger partial charge in [0.2, 0.25) is 0 Å². The molecule has 14 heavy (non-hydrogen) atoms. The van der Waals surface area contributed by atoms with Crippen LogP contribution < -0.4 is 4.74 Å². The van der Waals surface area contributed by atoms with Crippen LogP contribution in [0.4, 0.5) is 0 Å². The molecule has 1 aromatic carbocycles. The molecule has 0 spiro atoms. The van der Waals surface area contributed by atoms with Crippen molar-refractivity contribution in [2.24, 2.45) is 0 Å². The Bertz CT molecular complexity index is 292. The molecule has 0 bridgehead atoms. The lowest BCUT2D eigenvalue weighted by Crippen LogP contribution is -2.06. The van der Waals surface area contributed by atoms with Crippen LogP contribution in [0.15, 0.2) is 18.2 Å². The molecule has 0 aliphatic carbocycles. The Morgan fingerprint density at radius 1 is 1.43 bits per heavy atom. The fourth-order valence-corrected chi connectivity index (χ4v) is 1.48. The second-order valence-corrected chi connectivity index (χ2v) is 3.60. The van der Waals surface area contributed by atoms with E-state index in [1.807, 2.05) is 26.0 Å².